The zero-order valence-corrected chi connectivity index (χ0v) is 52.0. The van der Waals surface area contributed by atoms with Crippen LogP contribution in [0.4, 0.5) is 0 Å². The molecule has 0 aliphatic carbocycles. The standard InChI is InChI=1S/C69H122NO8P/c1-3-5-7-9-11-13-15-17-19-21-23-25-27-28-29-30-31-32-33-34-35-36-37-38-40-42-44-46-48-50-52-54-56-58-60-62-69(72)78-67(66-77-79(73,74)76-64-63-70)65-75-68(71)61-59-57-55-53-51-49-47-45-43-41-39-26-24-22-20-18-16-14-12-10-8-6-4-2/h5,7,11,13,16-19,22-25,28-29,31-32,67H,3-4,6,8-10,12,14-15,20-21,26-27,30,33-66,70H2,1-2H3,(H,73,74)/b7-5-,13-11-,18-16-,19-17-,24-22-,25-23-,29-28-,32-31-. The fourth-order valence-electron chi connectivity index (χ4n) is 9.14. The SMILES string of the molecule is CC/C=C\C/C=C\C/C=C\C/C=C\C/C=C\C/C=C\CCCCCCCCCCCCCCCCCCC(=O)OC(COC(=O)CCCCCCCCCCCCC/C=C\C/C=C\CCCCCCC)COP(=O)(O)OCCN. The summed E-state index contributed by atoms with van der Waals surface area (Å²) >= 11 is 0. The summed E-state index contributed by atoms with van der Waals surface area (Å²) in [5.41, 5.74) is 5.39. The first-order valence-electron chi connectivity index (χ1n) is 32.7. The highest BCUT2D eigenvalue weighted by Crippen LogP contribution is 2.43. The van der Waals surface area contributed by atoms with Gasteiger partial charge >= 0.3 is 19.8 Å². The number of phosphoric acid groups is 1. The first-order chi connectivity index (χ1) is 38.8. The van der Waals surface area contributed by atoms with Crippen LogP contribution >= 0.6 is 7.82 Å². The van der Waals surface area contributed by atoms with Crippen LogP contribution in [0.2, 0.25) is 0 Å². The molecule has 456 valence electrons. The minimum Gasteiger partial charge on any atom is -0.462 e. The van der Waals surface area contributed by atoms with E-state index >= 15 is 0 Å². The van der Waals surface area contributed by atoms with E-state index in [0.29, 0.717) is 6.42 Å². The molecule has 3 N–H and O–H groups in total. The number of phosphoric ester groups is 1. The van der Waals surface area contributed by atoms with E-state index in [0.717, 1.165) is 83.5 Å². The Morgan fingerprint density at radius 2 is 0.696 bits per heavy atom. The molecule has 0 aromatic rings. The van der Waals surface area contributed by atoms with E-state index in [9.17, 15) is 19.0 Å². The Hall–Kier alpha value is -3.07. The highest BCUT2D eigenvalue weighted by Gasteiger charge is 2.26. The molecule has 0 saturated heterocycles. The maximum atomic E-state index is 12.7. The van der Waals surface area contributed by atoms with E-state index in [1.54, 1.807) is 0 Å². The predicted molar refractivity (Wildman–Crippen MR) is 339 cm³/mol. The minimum absolute atomic E-state index is 0.0509. The quantitative estimate of drug-likeness (QED) is 0.0264. The van der Waals surface area contributed by atoms with Crippen LogP contribution in [0.25, 0.3) is 0 Å². The van der Waals surface area contributed by atoms with Crippen LogP contribution in [-0.4, -0.2) is 49.3 Å². The van der Waals surface area contributed by atoms with Gasteiger partial charge in [0.15, 0.2) is 6.10 Å². The Kier molecular flexibility index (Phi) is 61.6. The van der Waals surface area contributed by atoms with Crippen molar-refractivity contribution < 1.29 is 37.6 Å². The van der Waals surface area contributed by atoms with Gasteiger partial charge in [0.25, 0.3) is 0 Å². The third kappa shape index (κ3) is 64.0. The second-order valence-corrected chi connectivity index (χ2v) is 23.1. The van der Waals surface area contributed by atoms with Crippen LogP contribution in [0.15, 0.2) is 97.2 Å². The molecule has 79 heavy (non-hydrogen) atoms. The maximum Gasteiger partial charge on any atom is 0.472 e. The highest BCUT2D eigenvalue weighted by atomic mass is 31.2. The Labute approximate surface area is 486 Å². The summed E-state index contributed by atoms with van der Waals surface area (Å²) in [6.45, 7) is 3.65. The highest BCUT2D eigenvalue weighted by molar-refractivity contribution is 7.47. The molecule has 0 aromatic carbocycles. The predicted octanol–water partition coefficient (Wildman–Crippen LogP) is 21.2. The molecule has 0 aromatic heterocycles. The van der Waals surface area contributed by atoms with Crippen LogP contribution in [0.1, 0.15) is 296 Å². The van der Waals surface area contributed by atoms with Crippen molar-refractivity contribution in [1.82, 2.24) is 0 Å². The minimum atomic E-state index is -4.39. The zero-order chi connectivity index (χ0) is 57.3. The molecule has 9 nitrogen and oxygen atoms in total. The van der Waals surface area contributed by atoms with Crippen molar-refractivity contribution in [2.45, 2.75) is 302 Å². The van der Waals surface area contributed by atoms with E-state index in [-0.39, 0.29) is 38.6 Å². The molecule has 2 atom stereocenters. The number of esters is 2. The van der Waals surface area contributed by atoms with Gasteiger partial charge < -0.3 is 20.1 Å². The zero-order valence-electron chi connectivity index (χ0n) is 51.1. The van der Waals surface area contributed by atoms with Crippen LogP contribution < -0.4 is 5.73 Å². The number of carbonyl (C=O) groups is 2. The Bertz CT molecular complexity index is 1610. The van der Waals surface area contributed by atoms with Gasteiger partial charge in [-0.2, -0.15) is 0 Å². The molecular weight excluding hydrogens is 1000 g/mol. The van der Waals surface area contributed by atoms with Gasteiger partial charge in [-0.15, -0.1) is 0 Å². The van der Waals surface area contributed by atoms with Crippen molar-refractivity contribution in [3.05, 3.63) is 97.2 Å². The summed E-state index contributed by atoms with van der Waals surface area (Å²) in [5.74, 6) is -0.823. The van der Waals surface area contributed by atoms with E-state index < -0.39 is 26.5 Å². The summed E-state index contributed by atoms with van der Waals surface area (Å²) in [4.78, 5) is 35.3. The lowest BCUT2D eigenvalue weighted by molar-refractivity contribution is -0.161. The largest absolute Gasteiger partial charge is 0.472 e. The third-order valence-electron chi connectivity index (χ3n) is 14.0. The molecule has 0 aliphatic rings. The van der Waals surface area contributed by atoms with E-state index in [1.807, 2.05) is 0 Å². The first-order valence-corrected chi connectivity index (χ1v) is 34.2. The summed E-state index contributed by atoms with van der Waals surface area (Å²) in [6, 6.07) is 0. The molecular formula is C69H122NO8P. The summed E-state index contributed by atoms with van der Waals surface area (Å²) in [5, 5.41) is 0. The summed E-state index contributed by atoms with van der Waals surface area (Å²) in [6.07, 6.45) is 86.2. The van der Waals surface area contributed by atoms with Gasteiger partial charge in [-0.1, -0.05) is 284 Å². The monoisotopic (exact) mass is 1120 g/mol. The third-order valence-corrected chi connectivity index (χ3v) is 14.9. The summed E-state index contributed by atoms with van der Waals surface area (Å²) in [7, 11) is -4.39. The molecule has 0 aliphatic heterocycles. The maximum absolute atomic E-state index is 12.7. The van der Waals surface area contributed by atoms with Gasteiger partial charge in [0, 0.05) is 19.4 Å². The lowest BCUT2D eigenvalue weighted by atomic mass is 10.0. The average Bonchev–Trinajstić information content (AvgIpc) is 3.44. The van der Waals surface area contributed by atoms with Gasteiger partial charge in [0.05, 0.1) is 13.2 Å². The van der Waals surface area contributed by atoms with Gasteiger partial charge in [0.2, 0.25) is 0 Å². The molecule has 0 saturated carbocycles. The van der Waals surface area contributed by atoms with Gasteiger partial charge in [-0.3, -0.25) is 18.6 Å². The van der Waals surface area contributed by atoms with E-state index in [1.165, 1.54) is 180 Å². The van der Waals surface area contributed by atoms with Crippen molar-refractivity contribution in [3.8, 4) is 0 Å². The Morgan fingerprint density at radius 1 is 0.392 bits per heavy atom. The normalized spacial score (nSPS) is 13.6. The van der Waals surface area contributed by atoms with Crippen LogP contribution in [-0.2, 0) is 32.7 Å². The molecule has 0 amide bonds. The lowest BCUT2D eigenvalue weighted by Gasteiger charge is -2.19. The smallest absolute Gasteiger partial charge is 0.462 e. The molecule has 0 fully saturated rings. The van der Waals surface area contributed by atoms with Crippen molar-refractivity contribution in [3.63, 3.8) is 0 Å². The van der Waals surface area contributed by atoms with Crippen molar-refractivity contribution in [2.24, 2.45) is 5.73 Å². The average molecular weight is 1120 g/mol. The summed E-state index contributed by atoms with van der Waals surface area (Å²) < 4.78 is 33.1. The lowest BCUT2D eigenvalue weighted by Crippen LogP contribution is -2.29. The Morgan fingerprint density at radius 3 is 1.04 bits per heavy atom. The number of rotatable bonds is 61. The van der Waals surface area contributed by atoms with E-state index in [4.69, 9.17) is 24.3 Å². The molecule has 0 spiro atoms. The number of ether oxygens (including phenoxy) is 2. The van der Waals surface area contributed by atoms with Crippen LogP contribution in [0, 0.1) is 0 Å². The number of unbranched alkanes of at least 4 members (excludes halogenated alkanes) is 32. The molecule has 0 heterocycles. The van der Waals surface area contributed by atoms with Gasteiger partial charge in [0.1, 0.15) is 6.61 Å². The van der Waals surface area contributed by atoms with Gasteiger partial charge in [-0.25, -0.2) is 4.57 Å². The van der Waals surface area contributed by atoms with Crippen LogP contribution in [0.5, 0.6) is 0 Å². The molecule has 0 rings (SSSR count). The molecule has 10 heteroatoms. The fourth-order valence-corrected chi connectivity index (χ4v) is 9.91. The number of allylic oxidation sites excluding steroid dienone is 16. The second kappa shape index (κ2) is 64.1. The second-order valence-electron chi connectivity index (χ2n) is 21.6. The van der Waals surface area contributed by atoms with E-state index in [2.05, 4.69) is 111 Å². The molecule has 0 bridgehead atoms. The van der Waals surface area contributed by atoms with Crippen molar-refractivity contribution >= 4 is 19.8 Å². The molecule has 0 radical (unpaired) electrons. The first kappa shape index (κ1) is 75.9. The number of hydrogen-bond acceptors (Lipinski definition) is 8. The van der Waals surface area contributed by atoms with Crippen molar-refractivity contribution in [1.29, 1.82) is 0 Å². The fraction of sp³-hybridized carbons (Fsp3) is 0.739. The Balaban J connectivity index is 3.90. The number of hydrogen-bond donors (Lipinski definition) is 2. The van der Waals surface area contributed by atoms with Gasteiger partial charge in [-0.05, 0) is 96.3 Å². The number of nitrogens with two attached hydrogens (primary N) is 1. The van der Waals surface area contributed by atoms with Crippen LogP contribution in [0.3, 0.4) is 0 Å². The topological polar surface area (TPSA) is 134 Å². The number of carbonyl (C=O) groups excluding carboxylic acids is 2. The van der Waals surface area contributed by atoms with Crippen molar-refractivity contribution in [2.75, 3.05) is 26.4 Å². The molecule has 2 unspecified atom stereocenters.